The van der Waals surface area contributed by atoms with Gasteiger partial charge in [-0.3, -0.25) is 18.3 Å². The van der Waals surface area contributed by atoms with Crippen molar-refractivity contribution in [2.75, 3.05) is 13.7 Å². The van der Waals surface area contributed by atoms with Gasteiger partial charge in [-0.05, 0) is 31.0 Å². The SMILES string of the molecule is COc1ccc(-c2cn3c4c(=O)n(C)c(=O)n(C)c4nc3n2C[C@@H]2CCCO2)cc1Cl. The Kier molecular flexibility index (Phi) is 4.67. The first kappa shape index (κ1) is 19.9. The minimum Gasteiger partial charge on any atom is -0.495 e. The largest absolute Gasteiger partial charge is 0.495 e. The third-order valence-corrected chi connectivity index (χ3v) is 6.21. The molecule has 1 aliphatic rings. The Balaban J connectivity index is 1.81. The van der Waals surface area contributed by atoms with E-state index in [1.54, 1.807) is 18.6 Å². The van der Waals surface area contributed by atoms with Crippen LogP contribution >= 0.6 is 11.6 Å². The number of aryl methyl sites for hydroxylation is 1. The smallest absolute Gasteiger partial charge is 0.332 e. The van der Waals surface area contributed by atoms with Gasteiger partial charge < -0.3 is 14.0 Å². The molecule has 3 aromatic heterocycles. The zero-order chi connectivity index (χ0) is 21.9. The molecule has 5 rings (SSSR count). The summed E-state index contributed by atoms with van der Waals surface area (Å²) in [4.78, 5) is 30.0. The standard InChI is InChI=1S/C21H22ClN5O4/c1-24-18-17(19(28)25(2)21(24)29)27-11-15(12-6-7-16(30-3)14(22)9-12)26(20(27)23-18)10-13-5-4-8-31-13/h6-7,9,11,13H,4-5,8,10H2,1-3H3/t13-/m0/s1. The van der Waals surface area contributed by atoms with Crippen LogP contribution in [-0.2, 0) is 25.4 Å². The van der Waals surface area contributed by atoms with Gasteiger partial charge in [0.05, 0.1) is 30.5 Å². The van der Waals surface area contributed by atoms with Gasteiger partial charge in [-0.2, -0.15) is 4.98 Å². The second-order valence-electron chi connectivity index (χ2n) is 7.77. The van der Waals surface area contributed by atoms with E-state index in [2.05, 4.69) is 4.98 Å². The van der Waals surface area contributed by atoms with E-state index in [4.69, 9.17) is 21.1 Å². The highest BCUT2D eigenvalue weighted by atomic mass is 35.5. The van der Waals surface area contributed by atoms with Crippen molar-refractivity contribution in [3.8, 4) is 17.0 Å². The number of methoxy groups -OCH3 is 1. The highest BCUT2D eigenvalue weighted by molar-refractivity contribution is 6.32. The molecular weight excluding hydrogens is 422 g/mol. The summed E-state index contributed by atoms with van der Waals surface area (Å²) in [5.74, 6) is 1.16. The molecule has 4 heterocycles. The molecule has 0 aliphatic carbocycles. The Morgan fingerprint density at radius 1 is 1.26 bits per heavy atom. The molecule has 0 bridgehead atoms. The molecule has 1 aliphatic heterocycles. The molecular formula is C21H22ClN5O4. The quantitative estimate of drug-likeness (QED) is 0.482. The summed E-state index contributed by atoms with van der Waals surface area (Å²) in [7, 11) is 4.66. The molecule has 1 fully saturated rings. The second kappa shape index (κ2) is 7.28. The highest BCUT2D eigenvalue weighted by Crippen LogP contribution is 2.32. The van der Waals surface area contributed by atoms with Crippen LogP contribution < -0.4 is 16.0 Å². The van der Waals surface area contributed by atoms with Gasteiger partial charge in [0.15, 0.2) is 11.2 Å². The molecule has 0 spiro atoms. The monoisotopic (exact) mass is 443 g/mol. The Bertz CT molecular complexity index is 1440. The molecule has 31 heavy (non-hydrogen) atoms. The van der Waals surface area contributed by atoms with Gasteiger partial charge in [0, 0.05) is 32.5 Å². The predicted octanol–water partition coefficient (Wildman–Crippen LogP) is 2.19. The fourth-order valence-corrected chi connectivity index (χ4v) is 4.50. The van der Waals surface area contributed by atoms with Crippen molar-refractivity contribution in [1.82, 2.24) is 23.1 Å². The molecule has 0 unspecified atom stereocenters. The lowest BCUT2D eigenvalue weighted by atomic mass is 10.1. The van der Waals surface area contributed by atoms with Gasteiger partial charge in [0.25, 0.3) is 5.56 Å². The van der Waals surface area contributed by atoms with E-state index in [-0.39, 0.29) is 11.7 Å². The maximum Gasteiger partial charge on any atom is 0.332 e. The van der Waals surface area contributed by atoms with Gasteiger partial charge in [-0.15, -0.1) is 0 Å². The number of fused-ring (bicyclic) bond motifs is 3. The Morgan fingerprint density at radius 2 is 2.06 bits per heavy atom. The van der Waals surface area contributed by atoms with E-state index in [1.807, 2.05) is 29.0 Å². The van der Waals surface area contributed by atoms with Crippen LogP contribution in [0, 0.1) is 0 Å². The number of halogens is 1. The number of hydrogen-bond donors (Lipinski definition) is 0. The zero-order valence-corrected chi connectivity index (χ0v) is 18.2. The van der Waals surface area contributed by atoms with E-state index in [0.717, 1.165) is 35.3 Å². The number of ether oxygens (including phenoxy) is 2. The van der Waals surface area contributed by atoms with Crippen LogP contribution in [-0.4, -0.2) is 42.9 Å². The van der Waals surface area contributed by atoms with Gasteiger partial charge in [-0.25, -0.2) is 4.79 Å². The Hall–Kier alpha value is -3.04. The van der Waals surface area contributed by atoms with Crippen molar-refractivity contribution < 1.29 is 9.47 Å². The average Bonchev–Trinajstić information content (AvgIpc) is 3.47. The van der Waals surface area contributed by atoms with Crippen molar-refractivity contribution >= 4 is 28.5 Å². The van der Waals surface area contributed by atoms with E-state index in [1.165, 1.54) is 11.6 Å². The summed E-state index contributed by atoms with van der Waals surface area (Å²) < 4.78 is 17.4. The summed E-state index contributed by atoms with van der Waals surface area (Å²) in [6.45, 7) is 1.31. The third-order valence-electron chi connectivity index (χ3n) is 5.91. The van der Waals surface area contributed by atoms with Crippen LogP contribution in [0.1, 0.15) is 12.8 Å². The third kappa shape index (κ3) is 2.99. The van der Waals surface area contributed by atoms with Gasteiger partial charge in [0.1, 0.15) is 5.75 Å². The van der Waals surface area contributed by atoms with Crippen molar-refractivity contribution in [2.24, 2.45) is 14.1 Å². The molecule has 9 nitrogen and oxygen atoms in total. The molecule has 4 aromatic rings. The number of hydrogen-bond acceptors (Lipinski definition) is 5. The summed E-state index contributed by atoms with van der Waals surface area (Å²) in [5, 5.41) is 0.491. The predicted molar refractivity (Wildman–Crippen MR) is 117 cm³/mol. The molecule has 0 N–H and O–H groups in total. The topological polar surface area (TPSA) is 84.7 Å². The number of rotatable bonds is 4. The first-order valence-corrected chi connectivity index (χ1v) is 10.4. The molecule has 0 amide bonds. The van der Waals surface area contributed by atoms with Crippen LogP contribution in [0.4, 0.5) is 0 Å². The summed E-state index contributed by atoms with van der Waals surface area (Å²) in [6, 6.07) is 5.56. The van der Waals surface area contributed by atoms with Crippen LogP contribution in [0.15, 0.2) is 34.0 Å². The minimum absolute atomic E-state index is 0.0511. The minimum atomic E-state index is -0.411. The Morgan fingerprint density at radius 3 is 2.74 bits per heavy atom. The molecule has 0 radical (unpaired) electrons. The van der Waals surface area contributed by atoms with Gasteiger partial charge in [0.2, 0.25) is 5.78 Å². The van der Waals surface area contributed by atoms with E-state index in [9.17, 15) is 9.59 Å². The van der Waals surface area contributed by atoms with E-state index >= 15 is 0 Å². The average molecular weight is 444 g/mol. The molecule has 10 heteroatoms. The van der Waals surface area contributed by atoms with E-state index in [0.29, 0.717) is 34.3 Å². The van der Waals surface area contributed by atoms with Crippen LogP contribution in [0.3, 0.4) is 0 Å². The van der Waals surface area contributed by atoms with Crippen molar-refractivity contribution in [3.63, 3.8) is 0 Å². The maximum atomic E-state index is 12.9. The second-order valence-corrected chi connectivity index (χ2v) is 8.18. The van der Waals surface area contributed by atoms with Gasteiger partial charge >= 0.3 is 5.69 Å². The summed E-state index contributed by atoms with van der Waals surface area (Å²) >= 11 is 6.38. The lowest BCUT2D eigenvalue weighted by Crippen LogP contribution is -2.37. The number of nitrogens with zero attached hydrogens (tertiary/aromatic N) is 5. The van der Waals surface area contributed by atoms with Crippen molar-refractivity contribution in [3.05, 3.63) is 50.3 Å². The van der Waals surface area contributed by atoms with Crippen LogP contribution in [0.25, 0.3) is 28.2 Å². The van der Waals surface area contributed by atoms with Crippen LogP contribution in [0.5, 0.6) is 5.75 Å². The maximum absolute atomic E-state index is 12.9. The summed E-state index contributed by atoms with van der Waals surface area (Å²) in [6.07, 6.45) is 3.88. The first-order chi connectivity index (χ1) is 14.9. The number of imidazole rings is 2. The molecule has 0 saturated carbocycles. The van der Waals surface area contributed by atoms with Gasteiger partial charge in [-0.1, -0.05) is 11.6 Å². The fraction of sp³-hybridized carbons (Fsp3) is 0.381. The normalized spacial score (nSPS) is 16.6. The molecule has 1 atom stereocenters. The lowest BCUT2D eigenvalue weighted by molar-refractivity contribution is 0.0981. The molecule has 1 saturated heterocycles. The zero-order valence-electron chi connectivity index (χ0n) is 17.5. The molecule has 1 aromatic carbocycles. The fourth-order valence-electron chi connectivity index (χ4n) is 4.24. The van der Waals surface area contributed by atoms with E-state index < -0.39 is 5.69 Å². The first-order valence-electron chi connectivity index (χ1n) is 10.0. The lowest BCUT2D eigenvalue weighted by Gasteiger charge is -2.14. The summed E-state index contributed by atoms with van der Waals surface area (Å²) in [5.41, 5.74) is 1.62. The van der Waals surface area contributed by atoms with Crippen molar-refractivity contribution in [1.29, 1.82) is 0 Å². The van der Waals surface area contributed by atoms with Crippen molar-refractivity contribution in [2.45, 2.75) is 25.5 Å². The highest BCUT2D eigenvalue weighted by Gasteiger charge is 2.24. The number of benzene rings is 1. The number of aromatic nitrogens is 5. The van der Waals surface area contributed by atoms with Crippen LogP contribution in [0.2, 0.25) is 5.02 Å². The molecule has 162 valence electrons. The Labute approximate surface area is 182 Å².